The lowest BCUT2D eigenvalue weighted by molar-refractivity contribution is -0.384. The Morgan fingerprint density at radius 1 is 1.00 bits per heavy atom. The number of piperazine rings is 1. The molecule has 0 N–H and O–H groups in total. The van der Waals surface area contributed by atoms with Crippen molar-refractivity contribution in [1.82, 2.24) is 9.80 Å². The van der Waals surface area contributed by atoms with E-state index >= 15 is 0 Å². The molecule has 11 heteroatoms. The number of ether oxygens (including phenoxy) is 2. The van der Waals surface area contributed by atoms with Crippen LogP contribution in [0.25, 0.3) is 0 Å². The van der Waals surface area contributed by atoms with E-state index in [1.807, 2.05) is 0 Å². The highest BCUT2D eigenvalue weighted by Crippen LogP contribution is 2.23. The van der Waals surface area contributed by atoms with Crippen molar-refractivity contribution in [2.24, 2.45) is 0 Å². The van der Waals surface area contributed by atoms with E-state index in [9.17, 15) is 28.5 Å². The van der Waals surface area contributed by atoms with Gasteiger partial charge in [0, 0.05) is 38.3 Å². The van der Waals surface area contributed by atoms with Crippen molar-refractivity contribution >= 4 is 17.5 Å². The fourth-order valence-corrected chi connectivity index (χ4v) is 3.07. The lowest BCUT2D eigenvalue weighted by Crippen LogP contribution is -2.51. The number of benzene rings is 2. The Hall–Kier alpha value is -3.76. The molecule has 31 heavy (non-hydrogen) atoms. The van der Waals surface area contributed by atoms with Crippen molar-refractivity contribution in [2.45, 2.75) is 6.61 Å². The van der Waals surface area contributed by atoms with Gasteiger partial charge in [-0.3, -0.25) is 19.7 Å². The maximum atomic E-state index is 12.7. The maximum Gasteiger partial charge on any atom is 0.387 e. The van der Waals surface area contributed by atoms with E-state index in [4.69, 9.17) is 4.74 Å². The van der Waals surface area contributed by atoms with Gasteiger partial charge >= 0.3 is 6.61 Å². The monoisotopic (exact) mass is 435 g/mol. The fourth-order valence-electron chi connectivity index (χ4n) is 3.07. The average Bonchev–Trinajstić information content (AvgIpc) is 2.77. The van der Waals surface area contributed by atoms with Crippen LogP contribution in [0.5, 0.6) is 11.5 Å². The predicted molar refractivity (Wildman–Crippen MR) is 104 cm³/mol. The van der Waals surface area contributed by atoms with Gasteiger partial charge < -0.3 is 19.3 Å². The number of nitrogens with zero attached hydrogens (tertiary/aromatic N) is 3. The number of rotatable bonds is 7. The van der Waals surface area contributed by atoms with E-state index in [-0.39, 0.29) is 55.7 Å². The van der Waals surface area contributed by atoms with E-state index in [0.29, 0.717) is 5.75 Å². The molecule has 3 rings (SSSR count). The molecule has 0 saturated carbocycles. The quantitative estimate of drug-likeness (QED) is 0.489. The molecule has 1 aliphatic heterocycles. The first-order valence-electron chi connectivity index (χ1n) is 9.33. The van der Waals surface area contributed by atoms with Crippen molar-refractivity contribution in [3.63, 3.8) is 0 Å². The second kappa shape index (κ2) is 9.83. The summed E-state index contributed by atoms with van der Waals surface area (Å²) in [4.78, 5) is 38.2. The molecule has 0 unspecified atom stereocenters. The molecule has 0 atom stereocenters. The van der Waals surface area contributed by atoms with E-state index in [0.717, 1.165) is 0 Å². The minimum atomic E-state index is -3.04. The lowest BCUT2D eigenvalue weighted by atomic mass is 10.1. The SMILES string of the molecule is O=C(COc1ccc([N+](=O)[O-])cc1)N1CCN(C(=O)c2ccccc2OC(F)F)CC1. The molecule has 164 valence electrons. The molecule has 1 aliphatic rings. The molecule has 1 heterocycles. The molecule has 1 saturated heterocycles. The first-order valence-corrected chi connectivity index (χ1v) is 9.33. The van der Waals surface area contributed by atoms with Gasteiger partial charge in [0.25, 0.3) is 17.5 Å². The topological polar surface area (TPSA) is 102 Å². The number of hydrogen-bond donors (Lipinski definition) is 0. The molecule has 9 nitrogen and oxygen atoms in total. The molecule has 1 fully saturated rings. The number of carbonyl (C=O) groups is 2. The minimum Gasteiger partial charge on any atom is -0.484 e. The van der Waals surface area contributed by atoms with Crippen molar-refractivity contribution in [2.75, 3.05) is 32.8 Å². The van der Waals surface area contributed by atoms with Crippen LogP contribution in [0.4, 0.5) is 14.5 Å². The van der Waals surface area contributed by atoms with Crippen LogP contribution in [-0.4, -0.2) is 65.9 Å². The Kier molecular flexibility index (Phi) is 6.96. The third-order valence-corrected chi connectivity index (χ3v) is 4.66. The van der Waals surface area contributed by atoms with Gasteiger partial charge in [-0.1, -0.05) is 12.1 Å². The molecular formula is C20H19F2N3O6. The molecule has 2 aromatic carbocycles. The molecule has 2 aromatic rings. The van der Waals surface area contributed by atoms with Crippen LogP contribution >= 0.6 is 0 Å². The number of halogens is 2. The van der Waals surface area contributed by atoms with Gasteiger partial charge in [-0.2, -0.15) is 8.78 Å². The van der Waals surface area contributed by atoms with Crippen LogP contribution in [0.3, 0.4) is 0 Å². The number of non-ortho nitro benzene ring substituents is 1. The third-order valence-electron chi connectivity index (χ3n) is 4.66. The highest BCUT2D eigenvalue weighted by atomic mass is 19.3. The Balaban J connectivity index is 1.51. The van der Waals surface area contributed by atoms with E-state index < -0.39 is 17.4 Å². The molecule has 0 radical (unpaired) electrons. The summed E-state index contributed by atoms with van der Waals surface area (Å²) in [6, 6.07) is 11.1. The number of alkyl halides is 2. The van der Waals surface area contributed by atoms with Crippen LogP contribution in [0, 0.1) is 10.1 Å². The average molecular weight is 435 g/mol. The first kappa shape index (κ1) is 21.9. The van der Waals surface area contributed by atoms with E-state index in [1.54, 1.807) is 6.07 Å². The minimum absolute atomic E-state index is 0.0316. The van der Waals surface area contributed by atoms with Gasteiger partial charge in [0.2, 0.25) is 0 Å². The number of amides is 2. The molecule has 0 aliphatic carbocycles. The van der Waals surface area contributed by atoms with Crippen LogP contribution in [0.15, 0.2) is 48.5 Å². The van der Waals surface area contributed by atoms with Gasteiger partial charge in [0.05, 0.1) is 10.5 Å². The Labute approximate surface area is 175 Å². The van der Waals surface area contributed by atoms with Crippen LogP contribution < -0.4 is 9.47 Å². The zero-order chi connectivity index (χ0) is 22.4. The van der Waals surface area contributed by atoms with Crippen LogP contribution in [0.1, 0.15) is 10.4 Å². The zero-order valence-corrected chi connectivity index (χ0v) is 16.3. The Morgan fingerprint density at radius 2 is 1.61 bits per heavy atom. The molecular weight excluding hydrogens is 416 g/mol. The van der Waals surface area contributed by atoms with Gasteiger partial charge in [-0.05, 0) is 24.3 Å². The normalized spacial score (nSPS) is 13.8. The van der Waals surface area contributed by atoms with Crippen molar-refractivity contribution in [1.29, 1.82) is 0 Å². The summed E-state index contributed by atoms with van der Waals surface area (Å²) in [5.41, 5.74) is -0.0518. The lowest BCUT2D eigenvalue weighted by Gasteiger charge is -2.35. The number of hydrogen-bond acceptors (Lipinski definition) is 6. The summed E-state index contributed by atoms with van der Waals surface area (Å²) >= 11 is 0. The van der Waals surface area contributed by atoms with Crippen LogP contribution in [0.2, 0.25) is 0 Å². The number of carbonyl (C=O) groups excluding carboxylic acids is 2. The number of nitro groups is 1. The molecule has 0 bridgehead atoms. The first-order chi connectivity index (χ1) is 14.8. The van der Waals surface area contributed by atoms with Gasteiger partial charge in [-0.15, -0.1) is 0 Å². The highest BCUT2D eigenvalue weighted by molar-refractivity contribution is 5.97. The Bertz CT molecular complexity index is 946. The third kappa shape index (κ3) is 5.65. The smallest absolute Gasteiger partial charge is 0.387 e. The van der Waals surface area contributed by atoms with Gasteiger partial charge in [0.1, 0.15) is 11.5 Å². The summed E-state index contributed by atoms with van der Waals surface area (Å²) in [6.45, 7) is -2.33. The Morgan fingerprint density at radius 3 is 2.23 bits per heavy atom. The second-order valence-corrected chi connectivity index (χ2v) is 6.59. The summed E-state index contributed by atoms with van der Waals surface area (Å²) in [5.74, 6) is -0.627. The number of para-hydroxylation sites is 1. The summed E-state index contributed by atoms with van der Waals surface area (Å²) in [7, 11) is 0. The zero-order valence-electron chi connectivity index (χ0n) is 16.3. The van der Waals surface area contributed by atoms with Gasteiger partial charge in [-0.25, -0.2) is 0 Å². The summed E-state index contributed by atoms with van der Waals surface area (Å²) in [6.07, 6.45) is 0. The summed E-state index contributed by atoms with van der Waals surface area (Å²) in [5, 5.41) is 10.7. The van der Waals surface area contributed by atoms with Crippen molar-refractivity contribution < 1.29 is 32.8 Å². The maximum absolute atomic E-state index is 12.7. The summed E-state index contributed by atoms with van der Waals surface area (Å²) < 4.78 is 34.9. The fraction of sp³-hybridized carbons (Fsp3) is 0.300. The van der Waals surface area contributed by atoms with Crippen molar-refractivity contribution in [3.8, 4) is 11.5 Å². The molecule has 0 spiro atoms. The molecule has 0 aromatic heterocycles. The predicted octanol–water partition coefficient (Wildman–Crippen LogP) is 2.56. The van der Waals surface area contributed by atoms with E-state index in [2.05, 4.69) is 4.74 Å². The number of nitro benzene ring substituents is 1. The van der Waals surface area contributed by atoms with Gasteiger partial charge in [0.15, 0.2) is 6.61 Å². The van der Waals surface area contributed by atoms with Crippen LogP contribution in [-0.2, 0) is 4.79 Å². The largest absolute Gasteiger partial charge is 0.484 e. The highest BCUT2D eigenvalue weighted by Gasteiger charge is 2.27. The standard InChI is InChI=1S/C20H19F2N3O6/c21-20(22)31-17-4-2-1-3-16(17)19(27)24-11-9-23(10-12-24)18(26)13-30-15-7-5-14(6-8-15)25(28)29/h1-8,20H,9-13H2. The van der Waals surface area contributed by atoms with E-state index in [1.165, 1.54) is 52.3 Å². The van der Waals surface area contributed by atoms with Crippen molar-refractivity contribution in [3.05, 3.63) is 64.2 Å². The second-order valence-electron chi connectivity index (χ2n) is 6.59. The molecule has 2 amide bonds.